The molecule has 0 spiro atoms. The second-order valence-corrected chi connectivity index (χ2v) is 6.84. The molecule has 0 atom stereocenters. The first kappa shape index (κ1) is 17.9. The molecule has 0 saturated heterocycles. The standard InChI is InChI=1S/C20H15BrN6O/c21-15-10-11-16(23-20(22)28)18(19-24-26-27-25-19)17(15)14-9-5-4-8-13(14)12-6-2-1-3-7-12/h1-11H,(H3,22,23,28)(H,24,25,26,27). The van der Waals surface area contributed by atoms with Gasteiger partial charge >= 0.3 is 6.03 Å². The molecule has 8 heteroatoms. The van der Waals surface area contributed by atoms with Gasteiger partial charge in [-0.15, -0.1) is 10.2 Å². The highest BCUT2D eigenvalue weighted by Crippen LogP contribution is 2.44. The van der Waals surface area contributed by atoms with Gasteiger partial charge in [0.2, 0.25) is 5.82 Å². The lowest BCUT2D eigenvalue weighted by atomic mass is 9.91. The maximum Gasteiger partial charge on any atom is 0.316 e. The summed E-state index contributed by atoms with van der Waals surface area (Å²) in [5.74, 6) is 0.350. The van der Waals surface area contributed by atoms with E-state index in [0.29, 0.717) is 17.1 Å². The lowest BCUT2D eigenvalue weighted by Crippen LogP contribution is -2.20. The molecule has 4 rings (SSSR count). The van der Waals surface area contributed by atoms with E-state index in [1.807, 2.05) is 60.7 Å². The van der Waals surface area contributed by atoms with Crippen molar-refractivity contribution in [3.05, 3.63) is 71.2 Å². The van der Waals surface area contributed by atoms with Crippen molar-refractivity contribution < 1.29 is 4.79 Å². The largest absolute Gasteiger partial charge is 0.351 e. The maximum atomic E-state index is 11.5. The molecule has 138 valence electrons. The molecule has 28 heavy (non-hydrogen) atoms. The van der Waals surface area contributed by atoms with Crippen LogP contribution in [0.15, 0.2) is 71.2 Å². The highest BCUT2D eigenvalue weighted by atomic mass is 79.9. The predicted molar refractivity (Wildman–Crippen MR) is 111 cm³/mol. The second-order valence-electron chi connectivity index (χ2n) is 5.98. The molecule has 4 N–H and O–H groups in total. The number of benzene rings is 3. The molecule has 0 bridgehead atoms. The van der Waals surface area contributed by atoms with E-state index in [1.165, 1.54) is 0 Å². The molecule has 0 aliphatic carbocycles. The number of aromatic nitrogens is 4. The molecule has 3 aromatic carbocycles. The fourth-order valence-corrected chi connectivity index (χ4v) is 3.69. The summed E-state index contributed by atoms with van der Waals surface area (Å²) in [5.41, 5.74) is 10.4. The van der Waals surface area contributed by atoms with Crippen LogP contribution in [-0.2, 0) is 0 Å². The van der Waals surface area contributed by atoms with Crippen molar-refractivity contribution in [3.8, 4) is 33.6 Å². The van der Waals surface area contributed by atoms with E-state index in [4.69, 9.17) is 5.73 Å². The highest BCUT2D eigenvalue weighted by molar-refractivity contribution is 9.10. The van der Waals surface area contributed by atoms with Gasteiger partial charge in [-0.2, -0.15) is 5.21 Å². The average molecular weight is 435 g/mol. The van der Waals surface area contributed by atoms with Crippen LogP contribution in [-0.4, -0.2) is 26.7 Å². The lowest BCUT2D eigenvalue weighted by molar-refractivity contribution is 0.259. The third kappa shape index (κ3) is 3.37. The quantitative estimate of drug-likeness (QED) is 0.440. The van der Waals surface area contributed by atoms with Crippen molar-refractivity contribution >= 4 is 27.6 Å². The van der Waals surface area contributed by atoms with E-state index in [2.05, 4.69) is 41.9 Å². The Bertz CT molecular complexity index is 1130. The van der Waals surface area contributed by atoms with Gasteiger partial charge in [0.25, 0.3) is 0 Å². The number of hydrogen-bond acceptors (Lipinski definition) is 4. The number of nitrogens with one attached hydrogen (secondary N) is 2. The summed E-state index contributed by atoms with van der Waals surface area (Å²) in [6.45, 7) is 0. The van der Waals surface area contributed by atoms with Crippen molar-refractivity contribution in [1.29, 1.82) is 0 Å². The number of nitrogens with zero attached hydrogens (tertiary/aromatic N) is 3. The van der Waals surface area contributed by atoms with Crippen LogP contribution in [0, 0.1) is 0 Å². The molecule has 0 saturated carbocycles. The monoisotopic (exact) mass is 434 g/mol. The minimum atomic E-state index is -0.672. The average Bonchev–Trinajstić information content (AvgIpc) is 3.24. The Balaban J connectivity index is 2.03. The molecule has 0 radical (unpaired) electrons. The molecule has 0 unspecified atom stereocenters. The number of aromatic amines is 1. The first-order valence-electron chi connectivity index (χ1n) is 8.42. The summed E-state index contributed by atoms with van der Waals surface area (Å²) < 4.78 is 0.825. The Hall–Kier alpha value is -3.52. The van der Waals surface area contributed by atoms with Gasteiger partial charge in [0, 0.05) is 10.0 Å². The Morgan fingerprint density at radius 3 is 2.32 bits per heavy atom. The number of carbonyl (C=O) groups is 1. The molecule has 2 amide bonds. The van der Waals surface area contributed by atoms with Gasteiger partial charge in [-0.25, -0.2) is 4.79 Å². The number of anilines is 1. The predicted octanol–water partition coefficient (Wildman–Crippen LogP) is 4.45. The van der Waals surface area contributed by atoms with Crippen LogP contribution in [0.4, 0.5) is 10.5 Å². The van der Waals surface area contributed by atoms with Gasteiger partial charge in [-0.3, -0.25) is 0 Å². The Labute approximate surface area is 169 Å². The van der Waals surface area contributed by atoms with E-state index < -0.39 is 6.03 Å². The summed E-state index contributed by atoms with van der Waals surface area (Å²) in [4.78, 5) is 11.5. The molecular formula is C20H15BrN6O. The Morgan fingerprint density at radius 2 is 1.64 bits per heavy atom. The first-order chi connectivity index (χ1) is 13.6. The van der Waals surface area contributed by atoms with Gasteiger partial charge in [-0.05, 0) is 34.0 Å². The van der Waals surface area contributed by atoms with Crippen molar-refractivity contribution in [2.45, 2.75) is 0 Å². The van der Waals surface area contributed by atoms with Gasteiger partial charge in [0.1, 0.15) is 0 Å². The number of halogens is 1. The molecule has 0 aliphatic rings. The number of amides is 2. The second kappa shape index (κ2) is 7.61. The molecule has 1 aromatic heterocycles. The topological polar surface area (TPSA) is 110 Å². The van der Waals surface area contributed by atoms with Crippen LogP contribution < -0.4 is 11.1 Å². The fourth-order valence-electron chi connectivity index (χ4n) is 3.15. The third-order valence-corrected chi connectivity index (χ3v) is 4.92. The fraction of sp³-hybridized carbons (Fsp3) is 0. The van der Waals surface area contributed by atoms with Crippen LogP contribution >= 0.6 is 15.9 Å². The van der Waals surface area contributed by atoms with Crippen LogP contribution in [0.25, 0.3) is 33.6 Å². The highest BCUT2D eigenvalue weighted by Gasteiger charge is 2.22. The van der Waals surface area contributed by atoms with E-state index >= 15 is 0 Å². The third-order valence-electron chi connectivity index (χ3n) is 4.26. The molecule has 0 fully saturated rings. The summed E-state index contributed by atoms with van der Waals surface area (Å²) in [7, 11) is 0. The van der Waals surface area contributed by atoms with Crippen molar-refractivity contribution in [3.63, 3.8) is 0 Å². The minimum absolute atomic E-state index is 0.350. The molecule has 0 aliphatic heterocycles. The molecule has 4 aromatic rings. The zero-order valence-corrected chi connectivity index (χ0v) is 16.1. The SMILES string of the molecule is NC(=O)Nc1ccc(Br)c(-c2ccccc2-c2ccccc2)c1-c1nn[nH]n1. The summed E-state index contributed by atoms with van der Waals surface area (Å²) in [6.07, 6.45) is 0. The number of nitrogens with two attached hydrogens (primary N) is 1. The number of tetrazole rings is 1. The molecule has 7 nitrogen and oxygen atoms in total. The Kier molecular flexibility index (Phi) is 4.86. The van der Waals surface area contributed by atoms with E-state index in [9.17, 15) is 4.79 Å². The maximum absolute atomic E-state index is 11.5. The van der Waals surface area contributed by atoms with Gasteiger partial charge in [0.05, 0.1) is 11.3 Å². The van der Waals surface area contributed by atoms with E-state index in [1.54, 1.807) is 6.07 Å². The summed E-state index contributed by atoms with van der Waals surface area (Å²) in [5, 5.41) is 17.0. The van der Waals surface area contributed by atoms with Crippen LogP contribution in [0.3, 0.4) is 0 Å². The van der Waals surface area contributed by atoms with Crippen molar-refractivity contribution in [2.75, 3.05) is 5.32 Å². The van der Waals surface area contributed by atoms with Crippen molar-refractivity contribution in [2.24, 2.45) is 5.73 Å². The Morgan fingerprint density at radius 1 is 0.929 bits per heavy atom. The number of primary amides is 1. The van der Waals surface area contributed by atoms with Gasteiger partial charge < -0.3 is 11.1 Å². The van der Waals surface area contributed by atoms with Crippen LogP contribution in [0.1, 0.15) is 0 Å². The smallest absolute Gasteiger partial charge is 0.316 e. The van der Waals surface area contributed by atoms with Gasteiger partial charge in [0.15, 0.2) is 0 Å². The number of urea groups is 1. The minimum Gasteiger partial charge on any atom is -0.351 e. The van der Waals surface area contributed by atoms with Crippen molar-refractivity contribution in [1.82, 2.24) is 20.6 Å². The van der Waals surface area contributed by atoms with Crippen LogP contribution in [0.2, 0.25) is 0 Å². The van der Waals surface area contributed by atoms with E-state index in [0.717, 1.165) is 26.7 Å². The van der Waals surface area contributed by atoms with Gasteiger partial charge in [-0.1, -0.05) is 70.5 Å². The first-order valence-corrected chi connectivity index (χ1v) is 9.22. The lowest BCUT2D eigenvalue weighted by Gasteiger charge is -2.17. The molecule has 1 heterocycles. The number of hydrogen-bond donors (Lipinski definition) is 3. The number of carbonyl (C=O) groups excluding carboxylic acids is 1. The summed E-state index contributed by atoms with van der Waals surface area (Å²) in [6, 6.07) is 21.0. The van der Waals surface area contributed by atoms with Crippen LogP contribution in [0.5, 0.6) is 0 Å². The normalized spacial score (nSPS) is 10.6. The zero-order chi connectivity index (χ0) is 19.5. The number of rotatable bonds is 4. The number of H-pyrrole nitrogens is 1. The molecular weight excluding hydrogens is 420 g/mol. The summed E-state index contributed by atoms with van der Waals surface area (Å²) >= 11 is 3.65. The zero-order valence-electron chi connectivity index (χ0n) is 14.6. The van der Waals surface area contributed by atoms with E-state index in [-0.39, 0.29) is 0 Å².